The van der Waals surface area contributed by atoms with Gasteiger partial charge in [-0.2, -0.15) is 13.2 Å². The van der Waals surface area contributed by atoms with Gasteiger partial charge < -0.3 is 19.5 Å². The lowest BCUT2D eigenvalue weighted by atomic mass is 10.1. The van der Waals surface area contributed by atoms with Crippen LogP contribution in [0.15, 0.2) is 24.3 Å². The fourth-order valence-corrected chi connectivity index (χ4v) is 2.00. The first-order chi connectivity index (χ1) is 10.9. The van der Waals surface area contributed by atoms with Gasteiger partial charge in [-0.3, -0.25) is 4.79 Å². The largest absolute Gasteiger partial charge is 0.411 e. The quantitative estimate of drug-likeness (QED) is 0.864. The minimum Gasteiger partial charge on any atom is -0.376 e. The first kappa shape index (κ1) is 17.7. The van der Waals surface area contributed by atoms with Crippen LogP contribution in [-0.2, 0) is 20.8 Å². The molecule has 0 saturated carbocycles. The molecule has 128 valence electrons. The Hall–Kier alpha value is -1.64. The summed E-state index contributed by atoms with van der Waals surface area (Å²) in [5.41, 5.74) is 0.983. The van der Waals surface area contributed by atoms with Gasteiger partial charge in [0.25, 0.3) is 5.91 Å². The van der Waals surface area contributed by atoms with Gasteiger partial charge in [0.15, 0.2) is 0 Å². The molecule has 0 aliphatic carbocycles. The van der Waals surface area contributed by atoms with E-state index in [1.54, 1.807) is 24.3 Å². The van der Waals surface area contributed by atoms with Crippen LogP contribution in [0.3, 0.4) is 0 Å². The maximum atomic E-state index is 12.0. The number of halogens is 3. The molecule has 1 atom stereocenters. The molecule has 1 saturated heterocycles. The molecule has 1 aromatic carbocycles. The number of alkyl halides is 3. The Morgan fingerprint density at radius 2 is 2.00 bits per heavy atom. The second-order valence-corrected chi connectivity index (χ2v) is 5.08. The van der Waals surface area contributed by atoms with E-state index >= 15 is 0 Å². The van der Waals surface area contributed by atoms with E-state index in [1.807, 2.05) is 0 Å². The predicted octanol–water partition coefficient (Wildman–Crippen LogP) is 1.91. The van der Waals surface area contributed by atoms with Gasteiger partial charge in [-0.05, 0) is 17.7 Å². The van der Waals surface area contributed by atoms with Crippen LogP contribution in [0.1, 0.15) is 15.9 Å². The first-order valence-electron chi connectivity index (χ1n) is 7.15. The fourth-order valence-electron chi connectivity index (χ4n) is 2.00. The normalized spacial score (nSPS) is 18.7. The van der Waals surface area contributed by atoms with E-state index in [0.717, 1.165) is 0 Å². The summed E-state index contributed by atoms with van der Waals surface area (Å²) in [7, 11) is 0. The molecule has 1 aromatic rings. The Morgan fingerprint density at radius 3 is 2.61 bits per heavy atom. The van der Waals surface area contributed by atoms with Gasteiger partial charge in [0.2, 0.25) is 0 Å². The van der Waals surface area contributed by atoms with Gasteiger partial charge >= 0.3 is 6.18 Å². The highest BCUT2D eigenvalue weighted by Crippen LogP contribution is 2.15. The first-order valence-corrected chi connectivity index (χ1v) is 7.15. The molecule has 0 radical (unpaired) electrons. The zero-order valence-electron chi connectivity index (χ0n) is 12.4. The molecular weight excluding hydrogens is 315 g/mol. The number of ether oxygens (including phenoxy) is 3. The molecule has 2 rings (SSSR count). The van der Waals surface area contributed by atoms with Gasteiger partial charge in [-0.25, -0.2) is 0 Å². The fraction of sp³-hybridized carbons (Fsp3) is 0.533. The summed E-state index contributed by atoms with van der Waals surface area (Å²) in [5, 5.41) is 2.73. The molecule has 1 aliphatic rings. The average molecular weight is 333 g/mol. The lowest BCUT2D eigenvalue weighted by Crippen LogP contribution is -2.39. The Kier molecular flexibility index (Phi) is 6.37. The van der Waals surface area contributed by atoms with E-state index in [4.69, 9.17) is 9.47 Å². The van der Waals surface area contributed by atoms with Crippen LogP contribution in [0.4, 0.5) is 13.2 Å². The standard InChI is InChI=1S/C15H18F3NO4/c16-15(17,18)10-22-8-11-1-3-12(4-2-11)14(20)19-7-13-9-21-5-6-23-13/h1-4,13H,5-10H2,(H,19,20). The Bertz CT molecular complexity index is 498. The zero-order chi connectivity index (χ0) is 16.7. The SMILES string of the molecule is O=C(NCC1COCCO1)c1ccc(COCC(F)(F)F)cc1. The lowest BCUT2D eigenvalue weighted by molar-refractivity contribution is -0.176. The molecule has 23 heavy (non-hydrogen) atoms. The Labute approximate surface area is 131 Å². The predicted molar refractivity (Wildman–Crippen MR) is 75.0 cm³/mol. The van der Waals surface area contributed by atoms with E-state index in [9.17, 15) is 18.0 Å². The van der Waals surface area contributed by atoms with E-state index in [1.165, 1.54) is 0 Å². The summed E-state index contributed by atoms with van der Waals surface area (Å²) in [6.45, 7) is 0.397. The van der Waals surface area contributed by atoms with Crippen molar-refractivity contribution < 1.29 is 32.2 Å². The second kappa shape index (κ2) is 8.28. The van der Waals surface area contributed by atoms with Crippen molar-refractivity contribution in [2.24, 2.45) is 0 Å². The molecule has 1 N–H and O–H groups in total. The molecule has 1 aliphatic heterocycles. The van der Waals surface area contributed by atoms with Gasteiger partial charge in [0, 0.05) is 12.1 Å². The van der Waals surface area contributed by atoms with Crippen molar-refractivity contribution in [1.29, 1.82) is 0 Å². The summed E-state index contributed by atoms with van der Waals surface area (Å²) in [5.74, 6) is -0.276. The molecule has 1 heterocycles. The summed E-state index contributed by atoms with van der Waals surface area (Å²) in [6, 6.07) is 6.21. The summed E-state index contributed by atoms with van der Waals surface area (Å²) < 4.78 is 51.1. The maximum Gasteiger partial charge on any atom is 0.411 e. The number of hydrogen-bond acceptors (Lipinski definition) is 4. The minimum absolute atomic E-state index is 0.158. The van der Waals surface area contributed by atoms with Crippen molar-refractivity contribution in [3.8, 4) is 0 Å². The Balaban J connectivity index is 1.75. The van der Waals surface area contributed by atoms with Crippen molar-refractivity contribution in [3.63, 3.8) is 0 Å². The van der Waals surface area contributed by atoms with Crippen LogP contribution in [0.25, 0.3) is 0 Å². The average Bonchev–Trinajstić information content (AvgIpc) is 2.53. The lowest BCUT2D eigenvalue weighted by Gasteiger charge is -2.23. The highest BCUT2D eigenvalue weighted by atomic mass is 19.4. The molecule has 8 heteroatoms. The van der Waals surface area contributed by atoms with Crippen LogP contribution in [-0.4, -0.2) is 51.2 Å². The smallest absolute Gasteiger partial charge is 0.376 e. The maximum absolute atomic E-state index is 12.0. The van der Waals surface area contributed by atoms with Crippen LogP contribution >= 0.6 is 0 Å². The molecule has 0 spiro atoms. The number of rotatable bonds is 6. The molecule has 5 nitrogen and oxygen atoms in total. The van der Waals surface area contributed by atoms with Crippen LogP contribution in [0.2, 0.25) is 0 Å². The van der Waals surface area contributed by atoms with E-state index < -0.39 is 12.8 Å². The summed E-state index contributed by atoms with van der Waals surface area (Å²) in [6.07, 6.45) is -4.51. The second-order valence-electron chi connectivity index (χ2n) is 5.08. The van der Waals surface area contributed by atoms with Gasteiger partial charge in [0.05, 0.1) is 32.5 Å². The third-order valence-corrected chi connectivity index (χ3v) is 3.13. The van der Waals surface area contributed by atoms with Crippen molar-refractivity contribution >= 4 is 5.91 Å². The molecule has 0 aromatic heterocycles. The monoisotopic (exact) mass is 333 g/mol. The van der Waals surface area contributed by atoms with E-state index in [2.05, 4.69) is 10.1 Å². The number of amides is 1. The van der Waals surface area contributed by atoms with Gasteiger partial charge in [0.1, 0.15) is 6.61 Å². The third-order valence-electron chi connectivity index (χ3n) is 3.13. The van der Waals surface area contributed by atoms with Crippen molar-refractivity contribution in [1.82, 2.24) is 5.32 Å². The van der Waals surface area contributed by atoms with Gasteiger partial charge in [-0.1, -0.05) is 12.1 Å². The highest BCUT2D eigenvalue weighted by Gasteiger charge is 2.27. The summed E-state index contributed by atoms with van der Waals surface area (Å²) in [4.78, 5) is 12.0. The van der Waals surface area contributed by atoms with Crippen molar-refractivity contribution in [2.75, 3.05) is 33.0 Å². The third kappa shape index (κ3) is 6.55. The van der Waals surface area contributed by atoms with Crippen LogP contribution in [0, 0.1) is 0 Å². The topological polar surface area (TPSA) is 56.8 Å². The number of hydrogen-bond donors (Lipinski definition) is 1. The number of benzene rings is 1. The van der Waals surface area contributed by atoms with Crippen LogP contribution < -0.4 is 5.32 Å². The number of carbonyl (C=O) groups is 1. The molecule has 1 fully saturated rings. The van der Waals surface area contributed by atoms with E-state index in [0.29, 0.717) is 37.5 Å². The zero-order valence-corrected chi connectivity index (χ0v) is 12.4. The minimum atomic E-state index is -4.34. The van der Waals surface area contributed by atoms with Gasteiger partial charge in [-0.15, -0.1) is 0 Å². The molecule has 1 unspecified atom stereocenters. The van der Waals surface area contributed by atoms with Crippen molar-refractivity contribution in [3.05, 3.63) is 35.4 Å². The Morgan fingerprint density at radius 1 is 1.26 bits per heavy atom. The number of nitrogens with one attached hydrogen (secondary N) is 1. The molecule has 1 amide bonds. The summed E-state index contributed by atoms with van der Waals surface area (Å²) >= 11 is 0. The van der Waals surface area contributed by atoms with Crippen molar-refractivity contribution in [2.45, 2.75) is 18.9 Å². The molecule has 0 bridgehead atoms. The van der Waals surface area contributed by atoms with E-state index in [-0.39, 0.29) is 18.6 Å². The van der Waals surface area contributed by atoms with Crippen LogP contribution in [0.5, 0.6) is 0 Å². The highest BCUT2D eigenvalue weighted by molar-refractivity contribution is 5.94. The number of carbonyl (C=O) groups excluding carboxylic acids is 1. The molecular formula is C15H18F3NO4.